The fraction of sp³-hybridized carbons (Fsp3) is 0.300. The molecule has 1 saturated heterocycles. The molecule has 0 saturated carbocycles. The summed E-state index contributed by atoms with van der Waals surface area (Å²) in [5.41, 5.74) is 2.94. The summed E-state index contributed by atoms with van der Waals surface area (Å²) in [4.78, 5) is 15.4. The highest BCUT2D eigenvalue weighted by atomic mass is 35.5. The monoisotopic (exact) mass is 501 g/mol. The number of aromatic hydroxyl groups is 1. The molecule has 36 heavy (non-hydrogen) atoms. The second-order valence-electron chi connectivity index (χ2n) is 9.58. The molecule has 0 aliphatic carbocycles. The van der Waals surface area contributed by atoms with Gasteiger partial charge in [0.1, 0.15) is 0 Å². The largest absolute Gasteiger partial charge is 0.494 e. The Kier molecular flexibility index (Phi) is 7.59. The van der Waals surface area contributed by atoms with E-state index in [0.29, 0.717) is 35.1 Å². The zero-order valence-electron chi connectivity index (χ0n) is 20.4. The van der Waals surface area contributed by atoms with Crippen LogP contribution >= 0.6 is 11.6 Å². The van der Waals surface area contributed by atoms with Gasteiger partial charge in [0, 0.05) is 46.7 Å². The summed E-state index contributed by atoms with van der Waals surface area (Å²) >= 11 is 6.10. The fourth-order valence-corrected chi connectivity index (χ4v) is 5.45. The predicted octanol–water partition coefficient (Wildman–Crippen LogP) is 6.40. The Hall–Kier alpha value is -3.28. The lowest BCUT2D eigenvalue weighted by atomic mass is 9.95. The van der Waals surface area contributed by atoms with E-state index in [0.717, 1.165) is 30.5 Å². The van der Waals surface area contributed by atoms with E-state index in [-0.39, 0.29) is 11.8 Å². The molecule has 0 bridgehead atoms. The Morgan fingerprint density at radius 2 is 1.89 bits per heavy atom. The summed E-state index contributed by atoms with van der Waals surface area (Å²) in [6, 6.07) is 24.3. The van der Waals surface area contributed by atoms with Crippen molar-refractivity contribution in [3.05, 3.63) is 101 Å². The number of carbonyl (C=O) groups excluding carboxylic acids is 1. The third kappa shape index (κ3) is 5.58. The van der Waals surface area contributed by atoms with Crippen molar-refractivity contribution in [2.24, 2.45) is 0 Å². The molecule has 1 fully saturated rings. The van der Waals surface area contributed by atoms with Gasteiger partial charge in [-0.3, -0.25) is 9.69 Å². The van der Waals surface area contributed by atoms with Gasteiger partial charge in [0.25, 0.3) is 5.91 Å². The van der Waals surface area contributed by atoms with Gasteiger partial charge in [0.15, 0.2) is 5.88 Å². The SMILES string of the molecule is O=C(NCCCN1CCCCC1c1ccccc1)c1ccc2cn(Cc3cccc(Cl)c3)c(O)c2c1. The van der Waals surface area contributed by atoms with Crippen molar-refractivity contribution in [2.45, 2.75) is 38.3 Å². The topological polar surface area (TPSA) is 57.5 Å². The van der Waals surface area contributed by atoms with Crippen LogP contribution in [0.2, 0.25) is 5.02 Å². The van der Waals surface area contributed by atoms with Crippen molar-refractivity contribution in [3.8, 4) is 5.88 Å². The maximum absolute atomic E-state index is 12.8. The molecule has 2 heterocycles. The van der Waals surface area contributed by atoms with Crippen LogP contribution in [-0.4, -0.2) is 40.1 Å². The summed E-state index contributed by atoms with van der Waals surface area (Å²) in [5.74, 6) is 0.0359. The van der Waals surface area contributed by atoms with Gasteiger partial charge in [-0.2, -0.15) is 0 Å². The number of halogens is 1. The second kappa shape index (κ2) is 11.2. The summed E-state index contributed by atoms with van der Waals surface area (Å²) in [6.07, 6.45) is 6.49. The molecular formula is C30H32ClN3O2. The molecule has 1 amide bonds. The maximum Gasteiger partial charge on any atom is 0.251 e. The smallest absolute Gasteiger partial charge is 0.251 e. The third-order valence-electron chi connectivity index (χ3n) is 7.07. The van der Waals surface area contributed by atoms with Crippen LogP contribution in [0, 0.1) is 0 Å². The van der Waals surface area contributed by atoms with Gasteiger partial charge in [-0.1, -0.05) is 66.6 Å². The van der Waals surface area contributed by atoms with E-state index in [9.17, 15) is 9.90 Å². The maximum atomic E-state index is 12.8. The molecule has 5 nitrogen and oxygen atoms in total. The van der Waals surface area contributed by atoms with Crippen molar-refractivity contribution < 1.29 is 9.90 Å². The van der Waals surface area contributed by atoms with Gasteiger partial charge >= 0.3 is 0 Å². The van der Waals surface area contributed by atoms with E-state index in [2.05, 4.69) is 40.5 Å². The molecular weight excluding hydrogens is 470 g/mol. The first-order valence-electron chi connectivity index (χ1n) is 12.7. The third-order valence-corrected chi connectivity index (χ3v) is 7.31. The molecule has 2 N–H and O–H groups in total. The van der Waals surface area contributed by atoms with Gasteiger partial charge in [-0.05, 0) is 61.2 Å². The van der Waals surface area contributed by atoms with Gasteiger partial charge in [0.2, 0.25) is 0 Å². The van der Waals surface area contributed by atoms with Crippen LogP contribution in [0.1, 0.15) is 53.2 Å². The minimum absolute atomic E-state index is 0.114. The lowest BCUT2D eigenvalue weighted by Gasteiger charge is -2.36. The zero-order valence-corrected chi connectivity index (χ0v) is 21.1. The average molecular weight is 502 g/mol. The summed E-state index contributed by atoms with van der Waals surface area (Å²) in [6.45, 7) is 3.20. The first-order valence-corrected chi connectivity index (χ1v) is 13.1. The van der Waals surface area contributed by atoms with Gasteiger partial charge in [-0.25, -0.2) is 0 Å². The first kappa shape index (κ1) is 24.4. The number of benzene rings is 3. The molecule has 0 spiro atoms. The minimum Gasteiger partial charge on any atom is -0.494 e. The highest BCUT2D eigenvalue weighted by Crippen LogP contribution is 2.31. The number of carbonyl (C=O) groups is 1. The molecule has 1 atom stereocenters. The predicted molar refractivity (Wildman–Crippen MR) is 146 cm³/mol. The lowest BCUT2D eigenvalue weighted by Crippen LogP contribution is -2.36. The molecule has 1 unspecified atom stereocenters. The van der Waals surface area contributed by atoms with Crippen LogP contribution in [0.4, 0.5) is 0 Å². The van der Waals surface area contributed by atoms with Crippen LogP contribution < -0.4 is 5.32 Å². The number of fused-ring (bicyclic) bond motifs is 1. The van der Waals surface area contributed by atoms with Crippen LogP contribution in [0.25, 0.3) is 10.8 Å². The van der Waals surface area contributed by atoms with Gasteiger partial charge < -0.3 is 15.0 Å². The first-order chi connectivity index (χ1) is 17.6. The van der Waals surface area contributed by atoms with Crippen molar-refractivity contribution >= 4 is 28.3 Å². The van der Waals surface area contributed by atoms with Crippen molar-refractivity contribution in [1.82, 2.24) is 14.8 Å². The van der Waals surface area contributed by atoms with E-state index >= 15 is 0 Å². The molecule has 4 aromatic rings. The Balaban J connectivity index is 1.18. The highest BCUT2D eigenvalue weighted by molar-refractivity contribution is 6.30. The van der Waals surface area contributed by atoms with Crippen LogP contribution in [-0.2, 0) is 6.54 Å². The van der Waals surface area contributed by atoms with E-state index in [1.165, 1.54) is 24.8 Å². The number of hydrogen-bond acceptors (Lipinski definition) is 3. The Labute approximate surface area is 217 Å². The molecule has 0 radical (unpaired) electrons. The van der Waals surface area contributed by atoms with Gasteiger partial charge in [0.05, 0.1) is 6.54 Å². The molecule has 1 aromatic heterocycles. The summed E-state index contributed by atoms with van der Waals surface area (Å²) in [5, 5.41) is 16.1. The Bertz CT molecular complexity index is 1330. The average Bonchev–Trinajstić information content (AvgIpc) is 3.21. The summed E-state index contributed by atoms with van der Waals surface area (Å²) in [7, 11) is 0. The number of hydrogen-bond donors (Lipinski definition) is 2. The number of piperidine rings is 1. The fourth-order valence-electron chi connectivity index (χ4n) is 5.24. The molecule has 5 rings (SSSR count). The molecule has 1 aliphatic rings. The minimum atomic E-state index is -0.114. The second-order valence-corrected chi connectivity index (χ2v) is 10.0. The van der Waals surface area contributed by atoms with Crippen molar-refractivity contribution in [1.29, 1.82) is 0 Å². The zero-order chi connectivity index (χ0) is 24.9. The van der Waals surface area contributed by atoms with Crippen LogP contribution in [0.3, 0.4) is 0 Å². The number of likely N-dealkylation sites (tertiary alicyclic amines) is 1. The van der Waals surface area contributed by atoms with Crippen molar-refractivity contribution in [2.75, 3.05) is 19.6 Å². The number of aromatic nitrogens is 1. The van der Waals surface area contributed by atoms with E-state index < -0.39 is 0 Å². The van der Waals surface area contributed by atoms with E-state index in [1.54, 1.807) is 10.6 Å². The Morgan fingerprint density at radius 1 is 1.03 bits per heavy atom. The number of amides is 1. The quantitative estimate of drug-likeness (QED) is 0.275. The normalized spacial score (nSPS) is 16.3. The number of rotatable bonds is 8. The summed E-state index contributed by atoms with van der Waals surface area (Å²) < 4.78 is 1.78. The van der Waals surface area contributed by atoms with Crippen LogP contribution in [0.5, 0.6) is 5.88 Å². The lowest BCUT2D eigenvalue weighted by molar-refractivity contribution is 0.0947. The van der Waals surface area contributed by atoms with Crippen LogP contribution in [0.15, 0.2) is 79.0 Å². The molecule has 1 aliphatic heterocycles. The molecule has 186 valence electrons. The van der Waals surface area contributed by atoms with Gasteiger partial charge in [-0.15, -0.1) is 0 Å². The standard InChI is InChI=1S/C30H32ClN3O2/c31-26-11-6-8-22(18-26)20-34-21-25-14-13-24(19-27(25)30(34)36)29(35)32-15-7-17-33-16-5-4-12-28(33)23-9-2-1-3-10-23/h1-3,6,8-11,13-14,18-19,21,28,36H,4-5,7,12,15-17,20H2,(H,32,35). The van der Waals surface area contributed by atoms with Crippen molar-refractivity contribution in [3.63, 3.8) is 0 Å². The number of nitrogens with one attached hydrogen (secondary N) is 1. The van der Waals surface area contributed by atoms with E-state index in [1.807, 2.05) is 42.6 Å². The molecule has 3 aromatic carbocycles. The van der Waals surface area contributed by atoms with E-state index in [4.69, 9.17) is 11.6 Å². The molecule has 6 heteroatoms. The number of nitrogens with zero attached hydrogens (tertiary/aromatic N) is 2. The Morgan fingerprint density at radius 3 is 2.72 bits per heavy atom. The highest BCUT2D eigenvalue weighted by Gasteiger charge is 2.23.